The molecule has 0 spiro atoms. The van der Waals surface area contributed by atoms with Crippen molar-refractivity contribution in [3.05, 3.63) is 29.8 Å². The van der Waals surface area contributed by atoms with Gasteiger partial charge in [0.25, 0.3) is 0 Å². The summed E-state index contributed by atoms with van der Waals surface area (Å²) in [7, 11) is 0. The maximum Gasteiger partial charge on any atom is 0.233 e. The summed E-state index contributed by atoms with van der Waals surface area (Å²) in [5, 5.41) is 2.71. The topological polar surface area (TPSA) is 83.6 Å². The van der Waals surface area contributed by atoms with Crippen LogP contribution in [0.25, 0.3) is 0 Å². The number of likely N-dealkylation sites (tertiary alicyclic amines) is 1. The lowest BCUT2D eigenvalue weighted by atomic mass is 9.81. The molecule has 0 aromatic heterocycles. The van der Waals surface area contributed by atoms with Crippen molar-refractivity contribution >= 4 is 29.2 Å². The summed E-state index contributed by atoms with van der Waals surface area (Å²) in [5.74, 6) is -0.974. The average molecular weight is 342 g/mol. The van der Waals surface area contributed by atoms with Crippen molar-refractivity contribution in [2.75, 3.05) is 11.9 Å². The molecule has 1 saturated heterocycles. The van der Waals surface area contributed by atoms with E-state index in [9.17, 15) is 19.2 Å². The Kier molecular flexibility index (Phi) is 4.97. The van der Waals surface area contributed by atoms with Gasteiger partial charge >= 0.3 is 0 Å². The van der Waals surface area contributed by atoms with E-state index in [2.05, 4.69) is 5.32 Å². The zero-order chi connectivity index (χ0) is 18.0. The second kappa shape index (κ2) is 7.17. The van der Waals surface area contributed by atoms with Gasteiger partial charge in [0.1, 0.15) is 0 Å². The van der Waals surface area contributed by atoms with Crippen LogP contribution < -0.4 is 5.32 Å². The number of fused-ring (bicyclic) bond motifs is 1. The van der Waals surface area contributed by atoms with E-state index in [1.54, 1.807) is 24.3 Å². The average Bonchev–Trinajstić information content (AvgIpc) is 2.85. The molecule has 1 aliphatic heterocycles. The molecule has 0 bridgehead atoms. The first kappa shape index (κ1) is 17.3. The molecule has 0 radical (unpaired) electrons. The van der Waals surface area contributed by atoms with E-state index in [1.807, 2.05) is 0 Å². The van der Waals surface area contributed by atoms with Gasteiger partial charge in [0.2, 0.25) is 17.7 Å². The van der Waals surface area contributed by atoms with Crippen LogP contribution in [-0.4, -0.2) is 34.9 Å². The molecule has 1 heterocycles. The highest BCUT2D eigenvalue weighted by molar-refractivity contribution is 6.05. The van der Waals surface area contributed by atoms with E-state index in [4.69, 9.17) is 0 Å². The number of hydrogen-bond donors (Lipinski definition) is 1. The Morgan fingerprint density at radius 1 is 1.12 bits per heavy atom. The standard InChI is InChI=1S/C19H22N2O4/c1-12(22)13-5-4-6-14(11-13)20-17(23)9-10-21-18(24)15-7-2-3-8-16(15)19(21)25/h4-6,11,15-16H,2-3,7-10H2,1H3,(H,20,23)/t15-,16+. The number of rotatable bonds is 5. The Bertz CT molecular complexity index is 704. The summed E-state index contributed by atoms with van der Waals surface area (Å²) >= 11 is 0. The number of carbonyl (C=O) groups is 4. The fourth-order valence-electron chi connectivity index (χ4n) is 3.70. The molecule has 1 aromatic rings. The van der Waals surface area contributed by atoms with Crippen molar-refractivity contribution in [3.8, 4) is 0 Å². The molecule has 1 N–H and O–H groups in total. The van der Waals surface area contributed by atoms with Gasteiger partial charge < -0.3 is 5.32 Å². The largest absolute Gasteiger partial charge is 0.326 e. The molecule has 6 heteroatoms. The smallest absolute Gasteiger partial charge is 0.233 e. The Labute approximate surface area is 146 Å². The van der Waals surface area contributed by atoms with Crippen LogP contribution in [0, 0.1) is 11.8 Å². The van der Waals surface area contributed by atoms with E-state index in [1.165, 1.54) is 11.8 Å². The monoisotopic (exact) mass is 342 g/mol. The van der Waals surface area contributed by atoms with Gasteiger partial charge in [-0.3, -0.25) is 24.1 Å². The van der Waals surface area contributed by atoms with Crippen LogP contribution in [-0.2, 0) is 14.4 Å². The molecule has 6 nitrogen and oxygen atoms in total. The minimum Gasteiger partial charge on any atom is -0.326 e. The zero-order valence-electron chi connectivity index (χ0n) is 14.3. The summed E-state index contributed by atoms with van der Waals surface area (Å²) in [4.78, 5) is 49.5. The first-order valence-electron chi connectivity index (χ1n) is 8.73. The third kappa shape index (κ3) is 3.62. The van der Waals surface area contributed by atoms with E-state index in [0.29, 0.717) is 11.3 Å². The van der Waals surface area contributed by atoms with Crippen molar-refractivity contribution < 1.29 is 19.2 Å². The van der Waals surface area contributed by atoms with Crippen LogP contribution in [0.2, 0.25) is 0 Å². The Balaban J connectivity index is 1.57. The molecule has 2 atom stereocenters. The van der Waals surface area contributed by atoms with Gasteiger partial charge in [-0.15, -0.1) is 0 Å². The SMILES string of the molecule is CC(=O)c1cccc(NC(=O)CCN2C(=O)[C@H]3CCCC[C@H]3C2=O)c1. The minimum atomic E-state index is -0.281. The van der Waals surface area contributed by atoms with Gasteiger partial charge in [-0.1, -0.05) is 25.0 Å². The van der Waals surface area contributed by atoms with Crippen molar-refractivity contribution in [2.24, 2.45) is 11.8 Å². The fraction of sp³-hybridized carbons (Fsp3) is 0.474. The second-order valence-corrected chi connectivity index (χ2v) is 6.76. The number of hydrogen-bond acceptors (Lipinski definition) is 4. The number of carbonyl (C=O) groups excluding carboxylic acids is 4. The van der Waals surface area contributed by atoms with E-state index in [0.717, 1.165) is 25.7 Å². The number of nitrogens with zero attached hydrogens (tertiary/aromatic N) is 1. The Hall–Kier alpha value is -2.50. The van der Waals surface area contributed by atoms with Gasteiger partial charge in [0, 0.05) is 24.2 Å². The highest BCUT2D eigenvalue weighted by Crippen LogP contribution is 2.37. The molecule has 0 unspecified atom stereocenters. The van der Waals surface area contributed by atoms with E-state index < -0.39 is 0 Å². The summed E-state index contributed by atoms with van der Waals surface area (Å²) in [6, 6.07) is 6.69. The van der Waals surface area contributed by atoms with Gasteiger partial charge in [0.05, 0.1) is 11.8 Å². The molecule has 2 aliphatic rings. The molecular formula is C19H22N2O4. The van der Waals surface area contributed by atoms with Crippen LogP contribution in [0.15, 0.2) is 24.3 Å². The van der Waals surface area contributed by atoms with E-state index in [-0.39, 0.29) is 48.3 Å². The summed E-state index contributed by atoms with van der Waals surface area (Å²) in [6.45, 7) is 1.58. The van der Waals surface area contributed by atoms with Crippen LogP contribution in [0.1, 0.15) is 49.4 Å². The lowest BCUT2D eigenvalue weighted by Gasteiger charge is -2.19. The van der Waals surface area contributed by atoms with Crippen molar-refractivity contribution in [1.29, 1.82) is 0 Å². The first-order valence-corrected chi connectivity index (χ1v) is 8.73. The van der Waals surface area contributed by atoms with Gasteiger partial charge in [-0.2, -0.15) is 0 Å². The fourth-order valence-corrected chi connectivity index (χ4v) is 3.70. The quantitative estimate of drug-likeness (QED) is 0.658. The number of benzene rings is 1. The lowest BCUT2D eigenvalue weighted by molar-refractivity contribution is -0.140. The Morgan fingerprint density at radius 2 is 1.76 bits per heavy atom. The summed E-state index contributed by atoms with van der Waals surface area (Å²) < 4.78 is 0. The number of anilines is 1. The highest BCUT2D eigenvalue weighted by atomic mass is 16.2. The van der Waals surface area contributed by atoms with Crippen LogP contribution >= 0.6 is 0 Å². The number of imide groups is 1. The number of nitrogens with one attached hydrogen (secondary N) is 1. The lowest BCUT2D eigenvalue weighted by Crippen LogP contribution is -2.34. The molecule has 3 amide bonds. The highest BCUT2D eigenvalue weighted by Gasteiger charge is 2.47. The third-order valence-electron chi connectivity index (χ3n) is 5.05. The predicted octanol–water partition coefficient (Wildman–Crippen LogP) is 2.39. The third-order valence-corrected chi connectivity index (χ3v) is 5.05. The predicted molar refractivity (Wildman–Crippen MR) is 91.9 cm³/mol. The summed E-state index contributed by atoms with van der Waals surface area (Å²) in [6.07, 6.45) is 3.58. The minimum absolute atomic E-state index is 0.0568. The van der Waals surface area contributed by atoms with Crippen molar-refractivity contribution in [3.63, 3.8) is 0 Å². The molecule has 1 saturated carbocycles. The van der Waals surface area contributed by atoms with Gasteiger partial charge in [0.15, 0.2) is 5.78 Å². The molecule has 1 aromatic carbocycles. The van der Waals surface area contributed by atoms with Gasteiger partial charge in [-0.25, -0.2) is 0 Å². The number of amides is 3. The molecule has 2 fully saturated rings. The molecule has 132 valence electrons. The number of Topliss-reactive ketones (excluding diaryl/α,β-unsaturated/α-hetero) is 1. The molecule has 3 rings (SSSR count). The van der Waals surface area contributed by atoms with Crippen LogP contribution in [0.5, 0.6) is 0 Å². The Morgan fingerprint density at radius 3 is 2.36 bits per heavy atom. The maximum atomic E-state index is 12.4. The zero-order valence-corrected chi connectivity index (χ0v) is 14.3. The molecular weight excluding hydrogens is 320 g/mol. The maximum absolute atomic E-state index is 12.4. The number of ketones is 1. The first-order chi connectivity index (χ1) is 12.0. The van der Waals surface area contributed by atoms with E-state index >= 15 is 0 Å². The second-order valence-electron chi connectivity index (χ2n) is 6.76. The normalized spacial score (nSPS) is 22.7. The summed E-state index contributed by atoms with van der Waals surface area (Å²) in [5.41, 5.74) is 1.05. The molecule has 1 aliphatic carbocycles. The molecule has 25 heavy (non-hydrogen) atoms. The van der Waals surface area contributed by atoms with Crippen molar-refractivity contribution in [1.82, 2.24) is 4.90 Å². The van der Waals surface area contributed by atoms with Gasteiger partial charge in [-0.05, 0) is 31.9 Å². The van der Waals surface area contributed by atoms with Crippen molar-refractivity contribution in [2.45, 2.75) is 39.0 Å². The van der Waals surface area contributed by atoms with Crippen LogP contribution in [0.3, 0.4) is 0 Å². The van der Waals surface area contributed by atoms with Crippen LogP contribution in [0.4, 0.5) is 5.69 Å².